The van der Waals surface area contributed by atoms with E-state index in [4.69, 9.17) is 9.47 Å². The van der Waals surface area contributed by atoms with E-state index in [1.807, 2.05) is 4.90 Å². The van der Waals surface area contributed by atoms with E-state index < -0.39 is 17.5 Å². The van der Waals surface area contributed by atoms with Crippen molar-refractivity contribution in [1.82, 2.24) is 0 Å². The molecule has 0 unspecified atom stereocenters. The summed E-state index contributed by atoms with van der Waals surface area (Å²) in [5, 5.41) is 0. The van der Waals surface area contributed by atoms with Gasteiger partial charge in [-0.2, -0.15) is 13.2 Å². The van der Waals surface area contributed by atoms with Crippen molar-refractivity contribution in [2.75, 3.05) is 31.2 Å². The highest BCUT2D eigenvalue weighted by Gasteiger charge is 2.41. The lowest BCUT2D eigenvalue weighted by molar-refractivity contribution is -0.161. The third-order valence-corrected chi connectivity index (χ3v) is 3.77. The van der Waals surface area contributed by atoms with Crippen LogP contribution in [0.2, 0.25) is 0 Å². The zero-order valence-corrected chi connectivity index (χ0v) is 10.9. The molecule has 0 aromatic heterocycles. The highest BCUT2D eigenvalue weighted by atomic mass is 19.4. The first-order valence-corrected chi connectivity index (χ1v) is 6.69. The topological polar surface area (TPSA) is 21.7 Å². The third-order valence-electron chi connectivity index (χ3n) is 3.77. The number of alkyl halides is 3. The molecule has 1 aromatic carbocycles. The molecule has 0 radical (unpaired) electrons. The fourth-order valence-corrected chi connectivity index (χ4v) is 2.82. The Morgan fingerprint density at radius 1 is 1.15 bits per heavy atom. The van der Waals surface area contributed by atoms with Crippen LogP contribution in [0.4, 0.5) is 18.9 Å². The number of benzene rings is 1. The van der Waals surface area contributed by atoms with Gasteiger partial charge in [-0.05, 0) is 24.6 Å². The van der Waals surface area contributed by atoms with Crippen molar-refractivity contribution in [3.8, 4) is 0 Å². The molecule has 0 amide bonds. The van der Waals surface area contributed by atoms with Crippen molar-refractivity contribution >= 4 is 5.69 Å². The minimum absolute atomic E-state index is 0.480. The summed E-state index contributed by atoms with van der Waals surface area (Å²) >= 11 is 0. The first-order valence-electron chi connectivity index (χ1n) is 6.69. The lowest BCUT2D eigenvalue weighted by Gasteiger charge is -2.39. The van der Waals surface area contributed by atoms with Crippen LogP contribution < -0.4 is 4.90 Å². The monoisotopic (exact) mass is 287 g/mol. The van der Waals surface area contributed by atoms with Crippen LogP contribution in [0.3, 0.4) is 0 Å². The van der Waals surface area contributed by atoms with Gasteiger partial charge in [-0.25, -0.2) is 0 Å². The van der Waals surface area contributed by atoms with E-state index in [0.717, 1.165) is 25.5 Å². The van der Waals surface area contributed by atoms with Crippen molar-refractivity contribution in [3.63, 3.8) is 0 Å². The molecule has 110 valence electrons. The van der Waals surface area contributed by atoms with Crippen LogP contribution in [0.15, 0.2) is 24.3 Å². The number of rotatable bonds is 1. The molecular weight excluding hydrogens is 271 g/mol. The van der Waals surface area contributed by atoms with Gasteiger partial charge in [0.1, 0.15) is 0 Å². The number of ether oxygens (including phenoxy) is 2. The molecule has 0 bridgehead atoms. The molecule has 3 nitrogen and oxygen atoms in total. The van der Waals surface area contributed by atoms with Gasteiger partial charge in [0, 0.05) is 18.7 Å². The van der Waals surface area contributed by atoms with Crippen LogP contribution in [0, 0.1) is 0 Å². The Hall–Kier alpha value is -1.27. The molecule has 0 atom stereocenters. The Bertz CT molecular complexity index is 484. The van der Waals surface area contributed by atoms with Gasteiger partial charge in [0.15, 0.2) is 5.79 Å². The average molecular weight is 287 g/mol. The molecule has 2 saturated heterocycles. The summed E-state index contributed by atoms with van der Waals surface area (Å²) in [6.45, 7) is 2.30. The highest BCUT2D eigenvalue weighted by Crippen LogP contribution is 2.35. The van der Waals surface area contributed by atoms with E-state index in [9.17, 15) is 13.2 Å². The number of hydrogen-bond acceptors (Lipinski definition) is 3. The fraction of sp³-hybridized carbons (Fsp3) is 0.571. The van der Waals surface area contributed by atoms with Gasteiger partial charge in [-0.3, -0.25) is 0 Å². The van der Waals surface area contributed by atoms with Crippen LogP contribution in [0.1, 0.15) is 18.4 Å². The molecule has 6 heteroatoms. The van der Waals surface area contributed by atoms with Crippen molar-refractivity contribution in [3.05, 3.63) is 29.8 Å². The SMILES string of the molecule is FC(F)(F)c1cccc(N2CCCC3(C2)OCCO3)c1. The number of nitrogens with zero attached hydrogens (tertiary/aromatic N) is 1. The van der Waals surface area contributed by atoms with E-state index in [1.165, 1.54) is 12.1 Å². The standard InChI is InChI=1S/C14H16F3NO2/c15-14(16,17)11-3-1-4-12(9-11)18-6-2-5-13(10-18)19-7-8-20-13/h1,3-4,9H,2,5-8,10H2. The molecule has 0 aliphatic carbocycles. The maximum absolute atomic E-state index is 12.8. The summed E-state index contributed by atoms with van der Waals surface area (Å²) in [5.41, 5.74) is -0.0547. The van der Waals surface area contributed by atoms with Crippen molar-refractivity contribution < 1.29 is 22.6 Å². The molecule has 2 fully saturated rings. The van der Waals surface area contributed by atoms with E-state index in [0.29, 0.717) is 25.4 Å². The lowest BCUT2D eigenvalue weighted by Crippen LogP contribution is -2.49. The molecule has 1 aromatic rings. The minimum Gasteiger partial charge on any atom is -0.366 e. The van der Waals surface area contributed by atoms with Gasteiger partial charge >= 0.3 is 6.18 Å². The van der Waals surface area contributed by atoms with Crippen molar-refractivity contribution in [2.24, 2.45) is 0 Å². The van der Waals surface area contributed by atoms with E-state index in [2.05, 4.69) is 0 Å². The van der Waals surface area contributed by atoms with Gasteiger partial charge in [0.25, 0.3) is 0 Å². The minimum atomic E-state index is -4.32. The zero-order valence-electron chi connectivity index (χ0n) is 10.9. The van der Waals surface area contributed by atoms with Crippen LogP contribution in [0.25, 0.3) is 0 Å². The maximum Gasteiger partial charge on any atom is 0.416 e. The predicted octanol–water partition coefficient (Wildman–Crippen LogP) is 3.05. The molecule has 2 aliphatic rings. The lowest BCUT2D eigenvalue weighted by atomic mass is 10.0. The number of anilines is 1. The molecular formula is C14H16F3NO2. The first kappa shape index (κ1) is 13.7. The van der Waals surface area contributed by atoms with E-state index in [-0.39, 0.29) is 0 Å². The number of hydrogen-bond donors (Lipinski definition) is 0. The second kappa shape index (κ2) is 4.93. The second-order valence-corrected chi connectivity index (χ2v) is 5.18. The molecule has 0 N–H and O–H groups in total. The van der Waals surface area contributed by atoms with Crippen molar-refractivity contribution in [2.45, 2.75) is 24.8 Å². The Morgan fingerprint density at radius 2 is 1.90 bits per heavy atom. The number of halogens is 3. The summed E-state index contributed by atoms with van der Waals surface area (Å²) < 4.78 is 49.6. The Labute approximate surface area is 115 Å². The Morgan fingerprint density at radius 3 is 2.60 bits per heavy atom. The van der Waals surface area contributed by atoms with Crippen LogP contribution in [-0.4, -0.2) is 32.1 Å². The smallest absolute Gasteiger partial charge is 0.366 e. The summed E-state index contributed by atoms with van der Waals surface area (Å²) in [7, 11) is 0. The molecule has 2 aliphatic heterocycles. The van der Waals surface area contributed by atoms with E-state index in [1.54, 1.807) is 6.07 Å². The first-order chi connectivity index (χ1) is 9.49. The van der Waals surface area contributed by atoms with Crippen molar-refractivity contribution in [1.29, 1.82) is 0 Å². The summed E-state index contributed by atoms with van der Waals surface area (Å²) in [6, 6.07) is 5.42. The molecule has 3 rings (SSSR count). The van der Waals surface area contributed by atoms with Crippen LogP contribution in [0.5, 0.6) is 0 Å². The second-order valence-electron chi connectivity index (χ2n) is 5.18. The average Bonchev–Trinajstić information content (AvgIpc) is 2.86. The Kier molecular flexibility index (Phi) is 3.38. The third kappa shape index (κ3) is 2.62. The largest absolute Gasteiger partial charge is 0.416 e. The Balaban J connectivity index is 1.82. The molecule has 20 heavy (non-hydrogen) atoms. The summed E-state index contributed by atoms with van der Waals surface area (Å²) in [6.07, 6.45) is -2.68. The fourth-order valence-electron chi connectivity index (χ4n) is 2.82. The summed E-state index contributed by atoms with van der Waals surface area (Å²) in [5.74, 6) is -0.632. The molecule has 1 spiro atoms. The van der Waals surface area contributed by atoms with Gasteiger partial charge < -0.3 is 14.4 Å². The van der Waals surface area contributed by atoms with Crippen LogP contribution >= 0.6 is 0 Å². The zero-order chi connectivity index (χ0) is 14.2. The van der Waals surface area contributed by atoms with Gasteiger partial charge in [0.2, 0.25) is 0 Å². The predicted molar refractivity (Wildman–Crippen MR) is 67.5 cm³/mol. The van der Waals surface area contributed by atoms with Gasteiger partial charge in [-0.15, -0.1) is 0 Å². The number of piperidine rings is 1. The van der Waals surface area contributed by atoms with Gasteiger partial charge in [0.05, 0.1) is 25.3 Å². The molecule has 2 heterocycles. The van der Waals surface area contributed by atoms with E-state index >= 15 is 0 Å². The highest BCUT2D eigenvalue weighted by molar-refractivity contribution is 5.50. The summed E-state index contributed by atoms with van der Waals surface area (Å²) in [4.78, 5) is 1.91. The molecule has 0 saturated carbocycles. The quantitative estimate of drug-likeness (QED) is 0.792. The maximum atomic E-state index is 12.8. The normalized spacial score (nSPS) is 22.4. The van der Waals surface area contributed by atoms with Gasteiger partial charge in [-0.1, -0.05) is 6.07 Å². The van der Waals surface area contributed by atoms with Crippen LogP contribution in [-0.2, 0) is 15.7 Å².